The zero-order chi connectivity index (χ0) is 25.1. The second-order valence-electron chi connectivity index (χ2n) is 9.52. The van der Waals surface area contributed by atoms with Crippen molar-refractivity contribution in [2.45, 2.75) is 13.1 Å². The second-order valence-corrected chi connectivity index (χ2v) is 9.96. The van der Waals surface area contributed by atoms with E-state index < -0.39 is 0 Å². The molecular formula is C27H32ClN5O3. The number of amides is 1. The highest BCUT2D eigenvalue weighted by Gasteiger charge is 2.21. The minimum absolute atomic E-state index is 0.152. The van der Waals surface area contributed by atoms with E-state index in [-0.39, 0.29) is 16.9 Å². The van der Waals surface area contributed by atoms with Crippen molar-refractivity contribution in [2.24, 2.45) is 0 Å². The maximum atomic E-state index is 13.6. The second kappa shape index (κ2) is 11.0. The fourth-order valence-electron chi connectivity index (χ4n) is 4.76. The van der Waals surface area contributed by atoms with Crippen molar-refractivity contribution in [2.75, 3.05) is 64.5 Å². The fraction of sp³-hybridized carbons (Fsp3) is 0.407. The molecular weight excluding hydrogens is 478 g/mol. The van der Waals surface area contributed by atoms with Crippen molar-refractivity contribution in [3.63, 3.8) is 0 Å². The molecule has 0 spiro atoms. The summed E-state index contributed by atoms with van der Waals surface area (Å²) in [7, 11) is 2.11. The number of nitrogens with one attached hydrogen (secondary N) is 1. The number of pyridine rings is 1. The molecule has 8 nitrogen and oxygen atoms in total. The molecule has 9 heteroatoms. The number of hydrogen-bond donors (Lipinski definition) is 1. The van der Waals surface area contributed by atoms with E-state index in [1.165, 1.54) is 0 Å². The first-order valence-corrected chi connectivity index (χ1v) is 12.8. The van der Waals surface area contributed by atoms with E-state index in [9.17, 15) is 9.59 Å². The van der Waals surface area contributed by atoms with Crippen LogP contribution in [0.5, 0.6) is 0 Å². The van der Waals surface area contributed by atoms with Gasteiger partial charge in [0.05, 0.1) is 18.7 Å². The summed E-state index contributed by atoms with van der Waals surface area (Å²) in [5.41, 5.74) is 2.71. The lowest BCUT2D eigenvalue weighted by Crippen LogP contribution is -2.50. The Morgan fingerprint density at radius 1 is 0.972 bits per heavy atom. The number of nitrogens with zero attached hydrogens (tertiary/aromatic N) is 4. The summed E-state index contributed by atoms with van der Waals surface area (Å²) in [6, 6.07) is 13.4. The van der Waals surface area contributed by atoms with Gasteiger partial charge in [-0.05, 0) is 42.4 Å². The first-order valence-electron chi connectivity index (χ1n) is 12.4. The van der Waals surface area contributed by atoms with Crippen LogP contribution in [-0.4, -0.2) is 79.9 Å². The van der Waals surface area contributed by atoms with Crippen LogP contribution in [0, 0.1) is 0 Å². The van der Waals surface area contributed by atoms with Crippen LogP contribution in [0.1, 0.15) is 21.5 Å². The lowest BCUT2D eigenvalue weighted by Gasteiger charge is -2.36. The van der Waals surface area contributed by atoms with Gasteiger partial charge in [-0.15, -0.1) is 0 Å². The molecule has 0 radical (unpaired) electrons. The lowest BCUT2D eigenvalue weighted by molar-refractivity contribution is 0.0342. The number of morpholine rings is 1. The van der Waals surface area contributed by atoms with Gasteiger partial charge in [-0.2, -0.15) is 0 Å². The maximum absolute atomic E-state index is 13.6. The van der Waals surface area contributed by atoms with Gasteiger partial charge in [-0.3, -0.25) is 19.2 Å². The first-order chi connectivity index (χ1) is 17.5. The molecule has 0 saturated carbocycles. The van der Waals surface area contributed by atoms with Crippen molar-refractivity contribution < 1.29 is 9.53 Å². The van der Waals surface area contributed by atoms with Gasteiger partial charge >= 0.3 is 0 Å². The Balaban J connectivity index is 1.48. The van der Waals surface area contributed by atoms with E-state index in [0.29, 0.717) is 17.0 Å². The van der Waals surface area contributed by atoms with E-state index in [2.05, 4.69) is 33.2 Å². The van der Waals surface area contributed by atoms with Gasteiger partial charge in [0.2, 0.25) is 5.43 Å². The summed E-state index contributed by atoms with van der Waals surface area (Å²) in [4.78, 5) is 31.4. The monoisotopic (exact) mass is 509 g/mol. The van der Waals surface area contributed by atoms with Crippen molar-refractivity contribution in [3.05, 3.63) is 80.6 Å². The predicted molar refractivity (Wildman–Crippen MR) is 142 cm³/mol. The van der Waals surface area contributed by atoms with Crippen molar-refractivity contribution in [3.8, 4) is 0 Å². The van der Waals surface area contributed by atoms with Gasteiger partial charge in [0, 0.05) is 69.0 Å². The molecule has 1 aromatic heterocycles. The standard InChI is InChI=1S/C27H32ClN5O3/c1-30-8-10-32(11-9-30)33-19-24(27(35)29-17-20-2-5-22(28)6-3-20)26(34)23-16-21(4-7-25(23)33)18-31-12-14-36-15-13-31/h2-7,16,19H,8-15,17-18H2,1H3,(H,29,35). The molecule has 2 saturated heterocycles. The highest BCUT2D eigenvalue weighted by Crippen LogP contribution is 2.18. The van der Waals surface area contributed by atoms with Crippen molar-refractivity contribution in [1.82, 2.24) is 19.8 Å². The van der Waals surface area contributed by atoms with Gasteiger partial charge in [-0.25, -0.2) is 0 Å². The van der Waals surface area contributed by atoms with Gasteiger partial charge in [-0.1, -0.05) is 29.8 Å². The first kappa shape index (κ1) is 24.8. The molecule has 0 aliphatic carbocycles. The molecule has 190 valence electrons. The molecule has 2 fully saturated rings. The highest BCUT2D eigenvalue weighted by atomic mass is 35.5. The number of carbonyl (C=O) groups excluding carboxylic acids is 1. The normalized spacial score (nSPS) is 17.4. The summed E-state index contributed by atoms with van der Waals surface area (Å²) in [5, 5.41) is 6.33. The van der Waals surface area contributed by atoms with E-state index in [4.69, 9.17) is 16.3 Å². The zero-order valence-corrected chi connectivity index (χ0v) is 21.3. The molecule has 0 bridgehead atoms. The topological polar surface area (TPSA) is 70.0 Å². The third-order valence-electron chi connectivity index (χ3n) is 6.95. The van der Waals surface area contributed by atoms with Crippen LogP contribution in [0.4, 0.5) is 0 Å². The predicted octanol–water partition coefficient (Wildman–Crippen LogP) is 2.30. The molecule has 0 atom stereocenters. The smallest absolute Gasteiger partial charge is 0.257 e. The van der Waals surface area contributed by atoms with Gasteiger partial charge in [0.1, 0.15) is 5.56 Å². The third kappa shape index (κ3) is 5.57. The number of aromatic nitrogens is 1. The highest BCUT2D eigenvalue weighted by molar-refractivity contribution is 6.30. The molecule has 36 heavy (non-hydrogen) atoms. The Kier molecular flexibility index (Phi) is 7.57. The summed E-state index contributed by atoms with van der Waals surface area (Å²) < 4.78 is 7.46. The minimum Gasteiger partial charge on any atom is -0.379 e. The third-order valence-corrected chi connectivity index (χ3v) is 7.21. The van der Waals surface area contributed by atoms with Gasteiger partial charge < -0.3 is 20.0 Å². The average molecular weight is 510 g/mol. The van der Waals surface area contributed by atoms with Crippen LogP contribution in [0.15, 0.2) is 53.5 Å². The average Bonchev–Trinajstić information content (AvgIpc) is 2.90. The van der Waals surface area contributed by atoms with Gasteiger partial charge in [0.25, 0.3) is 5.91 Å². The number of carbonyl (C=O) groups is 1. The Morgan fingerprint density at radius 2 is 1.67 bits per heavy atom. The fourth-order valence-corrected chi connectivity index (χ4v) is 4.89. The van der Waals surface area contributed by atoms with E-state index >= 15 is 0 Å². The molecule has 2 aromatic carbocycles. The molecule has 3 aromatic rings. The molecule has 3 heterocycles. The molecule has 5 rings (SSSR count). The molecule has 1 N–H and O–H groups in total. The van der Waals surface area contributed by atoms with Gasteiger partial charge in [0.15, 0.2) is 0 Å². The summed E-state index contributed by atoms with van der Waals surface area (Å²) in [6.07, 6.45) is 1.70. The van der Waals surface area contributed by atoms with E-state index in [0.717, 1.165) is 75.7 Å². The number of benzene rings is 2. The Bertz CT molecular complexity index is 1280. The minimum atomic E-state index is -0.377. The Morgan fingerprint density at radius 3 is 2.39 bits per heavy atom. The summed E-state index contributed by atoms with van der Waals surface area (Å²) in [6.45, 7) is 7.73. The van der Waals surface area contributed by atoms with Crippen LogP contribution in [0.3, 0.4) is 0 Å². The number of ether oxygens (including phenoxy) is 1. The quantitative estimate of drug-likeness (QED) is 0.550. The van der Waals surface area contributed by atoms with E-state index in [1.807, 2.05) is 28.9 Å². The summed E-state index contributed by atoms with van der Waals surface area (Å²) >= 11 is 5.97. The maximum Gasteiger partial charge on any atom is 0.257 e. The molecule has 0 unspecified atom stereocenters. The van der Waals surface area contributed by atoms with E-state index in [1.54, 1.807) is 18.3 Å². The number of rotatable bonds is 6. The van der Waals surface area contributed by atoms with Crippen molar-refractivity contribution in [1.29, 1.82) is 0 Å². The zero-order valence-electron chi connectivity index (χ0n) is 20.6. The molecule has 1 amide bonds. The SMILES string of the molecule is CN1CCN(n2cc(C(=O)NCc3ccc(Cl)cc3)c(=O)c3cc(CN4CCOCC4)ccc32)CC1. The van der Waals surface area contributed by atoms with Crippen LogP contribution < -0.4 is 15.8 Å². The van der Waals surface area contributed by atoms with Crippen LogP contribution in [0.2, 0.25) is 5.02 Å². The van der Waals surface area contributed by atoms with Crippen LogP contribution >= 0.6 is 11.6 Å². The van der Waals surface area contributed by atoms with Crippen LogP contribution in [-0.2, 0) is 17.8 Å². The Labute approximate surface area is 216 Å². The number of fused-ring (bicyclic) bond motifs is 1. The largest absolute Gasteiger partial charge is 0.379 e. The number of hydrogen-bond acceptors (Lipinski definition) is 6. The summed E-state index contributed by atoms with van der Waals surface area (Å²) in [5.74, 6) is -0.377. The molecule has 2 aliphatic heterocycles. The number of piperazine rings is 1. The van der Waals surface area contributed by atoms with Crippen LogP contribution in [0.25, 0.3) is 10.9 Å². The van der Waals surface area contributed by atoms with Crippen molar-refractivity contribution >= 4 is 28.4 Å². The molecule has 2 aliphatic rings. The Hall–Kier alpha value is -2.91. The number of halogens is 1. The lowest BCUT2D eigenvalue weighted by atomic mass is 10.1. The number of likely N-dealkylation sites (N-methyl/N-ethyl adjacent to an activating group) is 1.